The molecule has 0 heterocycles. The maximum Gasteiger partial charge on any atom is 0.238 e. The molecule has 0 aliphatic carbocycles. The van der Waals surface area contributed by atoms with E-state index in [0.717, 1.165) is 5.56 Å². The fourth-order valence-electron chi connectivity index (χ4n) is 2.43. The minimum atomic E-state index is -0.332. The third-order valence-electron chi connectivity index (χ3n) is 3.96. The highest BCUT2D eigenvalue weighted by molar-refractivity contribution is 6.32. The molecule has 2 amide bonds. The number of carbonyl (C=O) groups excluding carboxylic acids is 2. The van der Waals surface area contributed by atoms with Crippen LogP contribution in [0.3, 0.4) is 0 Å². The molecule has 0 spiro atoms. The molecule has 2 aromatic rings. The molecule has 0 aromatic heterocycles. The summed E-state index contributed by atoms with van der Waals surface area (Å²) in [4.78, 5) is 26.0. The van der Waals surface area contributed by atoms with E-state index in [1.54, 1.807) is 23.1 Å². The Kier molecular flexibility index (Phi) is 7.93. The molecule has 0 aliphatic rings. The van der Waals surface area contributed by atoms with Gasteiger partial charge in [-0.15, -0.1) is 0 Å². The number of likely N-dealkylation sites (N-methyl/N-ethyl adjacent to an activating group) is 1. The zero-order chi connectivity index (χ0) is 20.5. The number of anilines is 1. The van der Waals surface area contributed by atoms with E-state index in [0.29, 0.717) is 17.8 Å². The Morgan fingerprint density at radius 2 is 1.82 bits per heavy atom. The standard InChI is InChI=1S/C20H20ClFN4O2/c1-2-26(12-19(27)24-11-14-3-6-16(22)7-4-14)13-20(28)25-17-8-5-15(10-23)18(21)9-17/h3-9H,2,11-13H2,1H3,(H,24,27)(H,25,28). The number of rotatable bonds is 8. The van der Waals surface area contributed by atoms with Gasteiger partial charge in [-0.2, -0.15) is 5.26 Å². The highest BCUT2D eigenvalue weighted by atomic mass is 35.5. The SMILES string of the molecule is CCN(CC(=O)NCc1ccc(F)cc1)CC(=O)Nc1ccc(C#N)c(Cl)c1. The van der Waals surface area contributed by atoms with Gasteiger partial charge >= 0.3 is 0 Å². The summed E-state index contributed by atoms with van der Waals surface area (Å²) in [5.74, 6) is -0.865. The molecule has 0 atom stereocenters. The van der Waals surface area contributed by atoms with Crippen molar-refractivity contribution < 1.29 is 14.0 Å². The van der Waals surface area contributed by atoms with Crippen LogP contribution in [0.25, 0.3) is 0 Å². The summed E-state index contributed by atoms with van der Waals surface area (Å²) in [5, 5.41) is 14.6. The molecule has 0 radical (unpaired) electrons. The maximum absolute atomic E-state index is 12.9. The highest BCUT2D eigenvalue weighted by Crippen LogP contribution is 2.20. The second-order valence-corrected chi connectivity index (χ2v) is 6.47. The third-order valence-corrected chi connectivity index (χ3v) is 4.27. The van der Waals surface area contributed by atoms with Crippen LogP contribution in [-0.2, 0) is 16.1 Å². The monoisotopic (exact) mass is 402 g/mol. The van der Waals surface area contributed by atoms with Crippen LogP contribution < -0.4 is 10.6 Å². The average molecular weight is 403 g/mol. The topological polar surface area (TPSA) is 85.2 Å². The van der Waals surface area contributed by atoms with Crippen molar-refractivity contribution in [3.63, 3.8) is 0 Å². The van der Waals surface area contributed by atoms with Gasteiger partial charge in [-0.25, -0.2) is 4.39 Å². The van der Waals surface area contributed by atoms with Crippen LogP contribution in [0.5, 0.6) is 0 Å². The van der Waals surface area contributed by atoms with Crippen molar-refractivity contribution in [2.45, 2.75) is 13.5 Å². The fourth-order valence-corrected chi connectivity index (χ4v) is 2.65. The molecular formula is C20H20ClFN4O2. The minimum Gasteiger partial charge on any atom is -0.351 e. The Hall–Kier alpha value is -2.95. The Morgan fingerprint density at radius 1 is 1.14 bits per heavy atom. The normalized spacial score (nSPS) is 10.4. The van der Waals surface area contributed by atoms with Crippen molar-refractivity contribution in [2.24, 2.45) is 0 Å². The lowest BCUT2D eigenvalue weighted by molar-refractivity contribution is -0.123. The summed E-state index contributed by atoms with van der Waals surface area (Å²) in [5.41, 5.74) is 1.59. The van der Waals surface area contributed by atoms with Gasteiger partial charge in [0, 0.05) is 12.2 Å². The van der Waals surface area contributed by atoms with Crippen LogP contribution in [0.2, 0.25) is 5.02 Å². The largest absolute Gasteiger partial charge is 0.351 e. The zero-order valence-corrected chi connectivity index (χ0v) is 16.1. The highest BCUT2D eigenvalue weighted by Gasteiger charge is 2.14. The minimum absolute atomic E-state index is 0.0259. The van der Waals surface area contributed by atoms with Gasteiger partial charge in [0.15, 0.2) is 0 Å². The Bertz CT molecular complexity index is 881. The zero-order valence-electron chi connectivity index (χ0n) is 15.3. The van der Waals surface area contributed by atoms with Crippen LogP contribution in [-0.4, -0.2) is 36.3 Å². The molecular weight excluding hydrogens is 383 g/mol. The average Bonchev–Trinajstić information content (AvgIpc) is 2.67. The Balaban J connectivity index is 1.82. The maximum atomic E-state index is 12.9. The molecule has 28 heavy (non-hydrogen) atoms. The first-order chi connectivity index (χ1) is 13.4. The Morgan fingerprint density at radius 3 is 2.43 bits per heavy atom. The van der Waals surface area contributed by atoms with E-state index in [-0.39, 0.29) is 42.3 Å². The number of hydrogen-bond donors (Lipinski definition) is 2. The molecule has 0 saturated heterocycles. The molecule has 0 bridgehead atoms. The fraction of sp³-hybridized carbons (Fsp3) is 0.250. The summed E-state index contributed by atoms with van der Waals surface area (Å²) < 4.78 is 12.9. The van der Waals surface area contributed by atoms with Gasteiger partial charge in [0.1, 0.15) is 11.9 Å². The van der Waals surface area contributed by atoms with Gasteiger partial charge in [0.05, 0.1) is 23.7 Å². The lowest BCUT2D eigenvalue weighted by Crippen LogP contribution is -2.40. The van der Waals surface area contributed by atoms with E-state index in [4.69, 9.17) is 16.9 Å². The van der Waals surface area contributed by atoms with Gasteiger partial charge in [-0.1, -0.05) is 30.7 Å². The summed E-state index contributed by atoms with van der Waals surface area (Å²) in [7, 11) is 0. The predicted molar refractivity (Wildman–Crippen MR) is 105 cm³/mol. The van der Waals surface area contributed by atoms with Crippen molar-refractivity contribution in [1.82, 2.24) is 10.2 Å². The van der Waals surface area contributed by atoms with Gasteiger partial charge in [0.25, 0.3) is 0 Å². The van der Waals surface area contributed by atoms with Crippen LogP contribution >= 0.6 is 11.6 Å². The first kappa shape index (κ1) is 21.4. The number of hydrogen-bond acceptors (Lipinski definition) is 4. The second kappa shape index (κ2) is 10.4. The third kappa shape index (κ3) is 6.65. The van der Waals surface area contributed by atoms with Crippen LogP contribution in [0, 0.1) is 17.1 Å². The van der Waals surface area contributed by atoms with Crippen molar-refractivity contribution in [1.29, 1.82) is 5.26 Å². The molecule has 0 aliphatic heterocycles. The van der Waals surface area contributed by atoms with E-state index in [2.05, 4.69) is 10.6 Å². The van der Waals surface area contributed by atoms with Crippen molar-refractivity contribution >= 4 is 29.1 Å². The van der Waals surface area contributed by atoms with Crippen molar-refractivity contribution in [2.75, 3.05) is 25.0 Å². The van der Waals surface area contributed by atoms with E-state index in [9.17, 15) is 14.0 Å². The molecule has 2 aromatic carbocycles. The van der Waals surface area contributed by atoms with E-state index < -0.39 is 0 Å². The smallest absolute Gasteiger partial charge is 0.238 e. The van der Waals surface area contributed by atoms with E-state index in [1.807, 2.05) is 13.0 Å². The number of amides is 2. The number of halogens is 2. The molecule has 8 heteroatoms. The van der Waals surface area contributed by atoms with Crippen molar-refractivity contribution in [3.8, 4) is 6.07 Å². The molecule has 6 nitrogen and oxygen atoms in total. The van der Waals surface area contributed by atoms with Crippen LogP contribution in [0.1, 0.15) is 18.1 Å². The van der Waals surface area contributed by atoms with Gasteiger partial charge in [-0.3, -0.25) is 14.5 Å². The number of nitrogens with one attached hydrogen (secondary N) is 2. The molecule has 146 valence electrons. The van der Waals surface area contributed by atoms with Gasteiger partial charge < -0.3 is 10.6 Å². The predicted octanol–water partition coefficient (Wildman–Crippen LogP) is 2.93. The van der Waals surface area contributed by atoms with E-state index >= 15 is 0 Å². The first-order valence-corrected chi connectivity index (χ1v) is 9.02. The van der Waals surface area contributed by atoms with Crippen molar-refractivity contribution in [3.05, 3.63) is 64.4 Å². The quantitative estimate of drug-likeness (QED) is 0.711. The second-order valence-electron chi connectivity index (χ2n) is 6.06. The summed E-state index contributed by atoms with van der Waals surface area (Å²) >= 11 is 5.95. The summed E-state index contributed by atoms with van der Waals surface area (Å²) in [6.07, 6.45) is 0. The number of benzene rings is 2. The van der Waals surface area contributed by atoms with Gasteiger partial charge in [-0.05, 0) is 42.4 Å². The molecule has 2 N–H and O–H groups in total. The lowest BCUT2D eigenvalue weighted by Gasteiger charge is -2.19. The van der Waals surface area contributed by atoms with Gasteiger partial charge in [0.2, 0.25) is 11.8 Å². The molecule has 0 fully saturated rings. The lowest BCUT2D eigenvalue weighted by atomic mass is 10.2. The van der Waals surface area contributed by atoms with E-state index in [1.165, 1.54) is 24.3 Å². The molecule has 0 saturated carbocycles. The molecule has 0 unspecified atom stereocenters. The summed E-state index contributed by atoms with van der Waals surface area (Å²) in [6.45, 7) is 2.72. The van der Waals surface area contributed by atoms with Crippen LogP contribution in [0.15, 0.2) is 42.5 Å². The Labute approximate surface area is 167 Å². The number of nitriles is 1. The number of nitrogens with zero attached hydrogens (tertiary/aromatic N) is 2. The molecule has 2 rings (SSSR count). The van der Waals surface area contributed by atoms with Crippen LogP contribution in [0.4, 0.5) is 10.1 Å². The number of carbonyl (C=O) groups is 2. The first-order valence-electron chi connectivity index (χ1n) is 8.64. The summed E-state index contributed by atoms with van der Waals surface area (Å²) in [6, 6.07) is 12.4.